The van der Waals surface area contributed by atoms with Gasteiger partial charge < -0.3 is 9.30 Å². The molecule has 2 aromatic heterocycles. The summed E-state index contributed by atoms with van der Waals surface area (Å²) in [4.78, 5) is 4.26. The van der Waals surface area contributed by atoms with E-state index in [1.807, 2.05) is 0 Å². The Morgan fingerprint density at radius 1 is 1.25 bits per heavy atom. The zero-order valence-electron chi connectivity index (χ0n) is 13.6. The summed E-state index contributed by atoms with van der Waals surface area (Å²) in [7, 11) is -0.0918. The maximum Gasteiger partial charge on any atom is 0.238 e. The highest BCUT2D eigenvalue weighted by atomic mass is 32.2. The lowest BCUT2D eigenvalue weighted by molar-refractivity contribution is 0.401. The molecule has 5 nitrogen and oxygen atoms in total. The topological polar surface area (TPSA) is 61.2 Å². The zero-order valence-corrected chi connectivity index (χ0v) is 14.4. The molecule has 0 N–H and O–H groups in total. The van der Waals surface area contributed by atoms with Crippen LogP contribution in [0.15, 0.2) is 41.6 Å². The Labute approximate surface area is 139 Å². The number of hydrogen-bond acceptors (Lipinski definition) is 4. The molecule has 0 radical (unpaired) electrons. The largest absolute Gasteiger partial charge is 0.479 e. The molecule has 0 fully saturated rings. The number of halogens is 1. The van der Waals surface area contributed by atoms with Gasteiger partial charge in [-0.05, 0) is 24.3 Å². The highest BCUT2D eigenvalue weighted by Gasteiger charge is 2.19. The predicted octanol–water partition coefficient (Wildman–Crippen LogP) is 3.18. The molecular weight excluding hydrogens is 331 g/mol. The average molecular weight is 348 g/mol. The number of methoxy groups -OCH3 is 1. The maximum absolute atomic E-state index is 14.4. The number of aryl methyl sites for hydroxylation is 1. The number of aromatic nitrogens is 2. The lowest BCUT2D eigenvalue weighted by atomic mass is 10.1. The number of sulfone groups is 1. The number of nitrogens with zero attached hydrogens (tertiary/aromatic N) is 2. The van der Waals surface area contributed by atoms with E-state index in [-0.39, 0.29) is 16.2 Å². The molecule has 0 aliphatic heterocycles. The molecule has 7 heteroatoms. The van der Waals surface area contributed by atoms with Gasteiger partial charge >= 0.3 is 0 Å². The quantitative estimate of drug-likeness (QED) is 0.680. The summed E-state index contributed by atoms with van der Waals surface area (Å²) < 4.78 is 45.7. The van der Waals surface area contributed by atoms with E-state index in [0.29, 0.717) is 11.4 Å². The molecule has 0 saturated carbocycles. The molecule has 0 atom stereocenters. The Hall–Kier alpha value is -2.41. The molecular formula is C17H17FN2O3S. The summed E-state index contributed by atoms with van der Waals surface area (Å²) in [5.41, 5.74) is 1.56. The number of pyridine rings is 1. The molecule has 3 rings (SSSR count). The fourth-order valence-corrected chi connectivity index (χ4v) is 3.66. The number of fused-ring (bicyclic) bond motifs is 1. The van der Waals surface area contributed by atoms with Crippen molar-refractivity contribution in [3.8, 4) is 17.0 Å². The third kappa shape index (κ3) is 2.54. The summed E-state index contributed by atoms with van der Waals surface area (Å²) in [5, 5.41) is 0.745. The normalized spacial score (nSPS) is 11.8. The molecule has 0 amide bonds. The lowest BCUT2D eigenvalue weighted by Crippen LogP contribution is -2.04. The highest BCUT2D eigenvalue weighted by molar-refractivity contribution is 7.91. The summed E-state index contributed by atoms with van der Waals surface area (Å²) in [6.45, 7) is 1.56. The number of rotatable bonds is 4. The number of hydrogen-bond donors (Lipinski definition) is 0. The van der Waals surface area contributed by atoms with Gasteiger partial charge in [0.2, 0.25) is 5.88 Å². The molecule has 2 heterocycles. The minimum atomic E-state index is -3.42. The van der Waals surface area contributed by atoms with Gasteiger partial charge in [0.05, 0.1) is 17.8 Å². The molecule has 1 aromatic carbocycles. The van der Waals surface area contributed by atoms with Crippen LogP contribution < -0.4 is 4.74 Å². The minimum Gasteiger partial charge on any atom is -0.479 e. The summed E-state index contributed by atoms with van der Waals surface area (Å²) in [5.74, 6) is -0.0851. The van der Waals surface area contributed by atoms with Crippen LogP contribution in [0.3, 0.4) is 0 Å². The lowest BCUT2D eigenvalue weighted by Gasteiger charge is -2.07. The second kappa shape index (κ2) is 5.90. The fourth-order valence-electron chi connectivity index (χ4n) is 2.76. The van der Waals surface area contributed by atoms with Crippen molar-refractivity contribution in [2.75, 3.05) is 12.9 Å². The summed E-state index contributed by atoms with van der Waals surface area (Å²) >= 11 is 0. The van der Waals surface area contributed by atoms with Crippen molar-refractivity contribution in [1.82, 2.24) is 9.55 Å². The van der Waals surface area contributed by atoms with Gasteiger partial charge in [-0.25, -0.2) is 17.8 Å². The average Bonchev–Trinajstić information content (AvgIpc) is 2.92. The van der Waals surface area contributed by atoms with Crippen molar-refractivity contribution in [2.24, 2.45) is 7.05 Å². The van der Waals surface area contributed by atoms with Crippen molar-refractivity contribution < 1.29 is 17.5 Å². The fraction of sp³-hybridized carbons (Fsp3) is 0.235. The molecule has 0 bridgehead atoms. The zero-order chi connectivity index (χ0) is 17.5. The van der Waals surface area contributed by atoms with Crippen LogP contribution in [0.4, 0.5) is 4.39 Å². The van der Waals surface area contributed by atoms with Crippen LogP contribution in [-0.4, -0.2) is 30.8 Å². The highest BCUT2D eigenvalue weighted by Crippen LogP contribution is 2.36. The maximum atomic E-state index is 14.4. The van der Waals surface area contributed by atoms with Crippen LogP contribution in [0.5, 0.6) is 5.88 Å². The van der Waals surface area contributed by atoms with Gasteiger partial charge in [-0.3, -0.25) is 0 Å². The van der Waals surface area contributed by atoms with Crippen LogP contribution in [0.25, 0.3) is 22.0 Å². The molecule has 0 saturated heterocycles. The first kappa shape index (κ1) is 16.4. The van der Waals surface area contributed by atoms with Crippen molar-refractivity contribution in [2.45, 2.75) is 11.8 Å². The van der Waals surface area contributed by atoms with Gasteiger partial charge in [0.15, 0.2) is 9.84 Å². The van der Waals surface area contributed by atoms with Crippen molar-refractivity contribution in [3.05, 3.63) is 42.5 Å². The van der Waals surface area contributed by atoms with Gasteiger partial charge in [-0.2, -0.15) is 0 Å². The third-order valence-electron chi connectivity index (χ3n) is 4.02. The Balaban J connectivity index is 2.31. The van der Waals surface area contributed by atoms with E-state index in [0.717, 1.165) is 10.9 Å². The second-order valence-electron chi connectivity index (χ2n) is 5.42. The van der Waals surface area contributed by atoms with E-state index in [4.69, 9.17) is 4.74 Å². The SMILES string of the molecule is CCS(=O)(=O)c1ccc(F)c(-c2cn(C)c3c(OC)nccc23)c1. The molecule has 126 valence electrons. The van der Waals surface area contributed by atoms with Gasteiger partial charge in [-0.15, -0.1) is 0 Å². The molecule has 0 aliphatic carbocycles. The number of ether oxygens (including phenoxy) is 1. The van der Waals surface area contributed by atoms with E-state index in [2.05, 4.69) is 4.98 Å². The van der Waals surface area contributed by atoms with Gasteiger partial charge in [0.1, 0.15) is 11.3 Å². The monoisotopic (exact) mass is 348 g/mol. The Morgan fingerprint density at radius 3 is 2.67 bits per heavy atom. The number of benzene rings is 1. The summed E-state index contributed by atoms with van der Waals surface area (Å²) in [6, 6.07) is 5.63. The third-order valence-corrected chi connectivity index (χ3v) is 5.75. The standard InChI is InChI=1S/C17H17FN2O3S/c1-4-24(21,22)11-5-6-15(18)13(9-11)14-10-20(2)16-12(14)7-8-19-17(16)23-3/h5-10H,4H2,1-3H3. The predicted molar refractivity (Wildman–Crippen MR) is 90.4 cm³/mol. The van der Waals surface area contributed by atoms with E-state index >= 15 is 0 Å². The molecule has 24 heavy (non-hydrogen) atoms. The van der Waals surface area contributed by atoms with Gasteiger partial charge in [-0.1, -0.05) is 6.92 Å². The molecule has 0 spiro atoms. The van der Waals surface area contributed by atoms with Crippen LogP contribution in [0.2, 0.25) is 0 Å². The first-order chi connectivity index (χ1) is 11.4. The van der Waals surface area contributed by atoms with Gasteiger partial charge in [0.25, 0.3) is 0 Å². The first-order valence-corrected chi connectivity index (χ1v) is 9.05. The van der Waals surface area contributed by atoms with E-state index < -0.39 is 15.7 Å². The van der Waals surface area contributed by atoms with E-state index in [1.165, 1.54) is 25.3 Å². The Morgan fingerprint density at radius 2 is 2.00 bits per heavy atom. The van der Waals surface area contributed by atoms with Crippen molar-refractivity contribution in [3.63, 3.8) is 0 Å². The van der Waals surface area contributed by atoms with Crippen LogP contribution >= 0.6 is 0 Å². The smallest absolute Gasteiger partial charge is 0.238 e. The Bertz CT molecular complexity index is 1030. The van der Waals surface area contributed by atoms with E-state index in [9.17, 15) is 12.8 Å². The van der Waals surface area contributed by atoms with Crippen LogP contribution in [0.1, 0.15) is 6.92 Å². The first-order valence-electron chi connectivity index (χ1n) is 7.39. The molecule has 0 unspecified atom stereocenters. The minimum absolute atomic E-state index is 0.0364. The van der Waals surface area contributed by atoms with Crippen molar-refractivity contribution >= 4 is 20.7 Å². The van der Waals surface area contributed by atoms with Crippen LogP contribution in [-0.2, 0) is 16.9 Å². The summed E-state index contributed by atoms with van der Waals surface area (Å²) in [6.07, 6.45) is 3.32. The van der Waals surface area contributed by atoms with Gasteiger partial charge in [0, 0.05) is 36.0 Å². The Kier molecular flexibility index (Phi) is 4.04. The van der Waals surface area contributed by atoms with Crippen molar-refractivity contribution in [1.29, 1.82) is 0 Å². The van der Waals surface area contributed by atoms with Crippen LogP contribution in [0, 0.1) is 5.82 Å². The molecule has 3 aromatic rings. The molecule has 0 aliphatic rings. The second-order valence-corrected chi connectivity index (χ2v) is 7.69. The van der Waals surface area contributed by atoms with E-state index in [1.54, 1.807) is 37.0 Å².